The molecule has 0 aliphatic rings. The van der Waals surface area contributed by atoms with Crippen LogP contribution in [0.15, 0.2) is 24.3 Å². The normalized spacial score (nSPS) is 12.1. The van der Waals surface area contributed by atoms with Crippen molar-refractivity contribution in [3.05, 3.63) is 24.3 Å². The van der Waals surface area contributed by atoms with E-state index >= 15 is 0 Å². The minimum Gasteiger partial charge on any atom is -0.462 e. The van der Waals surface area contributed by atoms with E-state index in [1.165, 1.54) is 308 Å². The molecule has 0 fully saturated rings. The molecular weight excluding hydrogens is 997 g/mol. The molecule has 0 amide bonds. The van der Waals surface area contributed by atoms with Crippen LogP contribution in [0.4, 0.5) is 0 Å². The number of hydrogen-bond donors (Lipinski definition) is 0. The summed E-state index contributed by atoms with van der Waals surface area (Å²) in [6, 6.07) is 0. The zero-order valence-electron chi connectivity index (χ0n) is 55.1. The molecule has 0 rings (SSSR count). The second kappa shape index (κ2) is 70.4. The Bertz CT molecular complexity index is 1310. The van der Waals surface area contributed by atoms with Crippen molar-refractivity contribution in [2.24, 2.45) is 0 Å². The quantitative estimate of drug-likeness (QED) is 0.0261. The van der Waals surface area contributed by atoms with Crippen molar-refractivity contribution in [3.63, 3.8) is 0 Å². The van der Waals surface area contributed by atoms with Gasteiger partial charge < -0.3 is 14.2 Å². The van der Waals surface area contributed by atoms with Crippen molar-refractivity contribution in [2.45, 2.75) is 425 Å². The highest BCUT2D eigenvalue weighted by Crippen LogP contribution is 2.19. The molecule has 0 N–H and O–H groups in total. The SMILES string of the molecule is CCC/C=C\CCCCCCCC(=O)OCC(COC(=O)CCCCCCCCCCCCCCCCCCCCCCCCCCCCCCCCCC)OC(=O)CCCCCCCCCCC/C=C\CCCCCCCCCC. The van der Waals surface area contributed by atoms with Gasteiger partial charge in [-0.25, -0.2) is 0 Å². The number of hydrogen-bond acceptors (Lipinski definition) is 6. The van der Waals surface area contributed by atoms with Crippen LogP contribution in [0.5, 0.6) is 0 Å². The highest BCUT2D eigenvalue weighted by molar-refractivity contribution is 5.71. The van der Waals surface area contributed by atoms with Crippen LogP contribution in [0.25, 0.3) is 0 Å². The van der Waals surface area contributed by atoms with Crippen LogP contribution in [0.2, 0.25) is 0 Å². The molecule has 0 aromatic rings. The van der Waals surface area contributed by atoms with Gasteiger partial charge >= 0.3 is 17.9 Å². The lowest BCUT2D eigenvalue weighted by Gasteiger charge is -2.18. The second-order valence-electron chi connectivity index (χ2n) is 25.2. The van der Waals surface area contributed by atoms with Gasteiger partial charge in [0, 0.05) is 19.3 Å². The standard InChI is InChI=1S/C75H142O6/c1-4-7-10-13-16-19-22-24-26-28-30-32-33-34-35-36-37-38-39-40-41-42-44-45-47-49-51-53-56-59-62-65-68-74(77)80-71-72(70-79-73(76)67-64-61-58-55-21-18-15-12-9-6-3)81-75(78)69-66-63-60-57-54-52-50-48-46-43-31-29-27-25-23-20-17-14-11-8-5-2/h12,15,29,31,72H,4-11,13-14,16-28,30,32-71H2,1-3H3/b15-12-,31-29-. The average molecular weight is 1140 g/mol. The Kier molecular flexibility index (Phi) is 68.5. The lowest BCUT2D eigenvalue weighted by molar-refractivity contribution is -0.167. The Morgan fingerprint density at radius 3 is 0.667 bits per heavy atom. The van der Waals surface area contributed by atoms with Gasteiger partial charge in [-0.2, -0.15) is 0 Å². The fourth-order valence-electron chi connectivity index (χ4n) is 11.4. The van der Waals surface area contributed by atoms with Crippen molar-refractivity contribution in [1.82, 2.24) is 0 Å². The maximum Gasteiger partial charge on any atom is 0.306 e. The Balaban J connectivity index is 4.05. The van der Waals surface area contributed by atoms with Crippen LogP contribution in [0.3, 0.4) is 0 Å². The van der Waals surface area contributed by atoms with Crippen molar-refractivity contribution in [2.75, 3.05) is 13.2 Å². The van der Waals surface area contributed by atoms with Crippen LogP contribution in [-0.2, 0) is 28.6 Å². The largest absolute Gasteiger partial charge is 0.462 e. The first-order chi connectivity index (χ1) is 40.0. The minimum atomic E-state index is -0.773. The third kappa shape index (κ3) is 68.6. The summed E-state index contributed by atoms with van der Waals surface area (Å²) >= 11 is 0. The molecule has 0 aliphatic heterocycles. The van der Waals surface area contributed by atoms with E-state index in [4.69, 9.17) is 14.2 Å². The summed E-state index contributed by atoms with van der Waals surface area (Å²) in [5.41, 5.74) is 0. The third-order valence-corrected chi connectivity index (χ3v) is 16.9. The summed E-state index contributed by atoms with van der Waals surface area (Å²) in [6.45, 7) is 6.65. The molecule has 0 aliphatic carbocycles. The summed E-state index contributed by atoms with van der Waals surface area (Å²) < 4.78 is 17.0. The maximum absolute atomic E-state index is 12.9. The first kappa shape index (κ1) is 78.9. The zero-order valence-corrected chi connectivity index (χ0v) is 55.1. The van der Waals surface area contributed by atoms with Gasteiger partial charge in [-0.05, 0) is 64.2 Å². The van der Waals surface area contributed by atoms with Gasteiger partial charge in [-0.3, -0.25) is 14.4 Å². The topological polar surface area (TPSA) is 78.9 Å². The summed E-state index contributed by atoms with van der Waals surface area (Å²) in [7, 11) is 0. The number of esters is 3. The number of rotatable bonds is 69. The lowest BCUT2D eigenvalue weighted by atomic mass is 10.0. The highest BCUT2D eigenvalue weighted by Gasteiger charge is 2.20. The Hall–Kier alpha value is -2.11. The van der Waals surface area contributed by atoms with E-state index in [9.17, 15) is 14.4 Å². The van der Waals surface area contributed by atoms with Crippen LogP contribution in [0, 0.1) is 0 Å². The number of unbranched alkanes of at least 4 members (excludes halogenated alkanes) is 54. The molecule has 6 nitrogen and oxygen atoms in total. The summed E-state index contributed by atoms with van der Waals surface area (Å²) in [5, 5.41) is 0. The van der Waals surface area contributed by atoms with Crippen LogP contribution < -0.4 is 0 Å². The molecule has 0 aromatic carbocycles. The van der Waals surface area contributed by atoms with Crippen molar-refractivity contribution in [3.8, 4) is 0 Å². The predicted molar refractivity (Wildman–Crippen MR) is 353 cm³/mol. The van der Waals surface area contributed by atoms with Crippen LogP contribution >= 0.6 is 0 Å². The smallest absolute Gasteiger partial charge is 0.306 e. The first-order valence-electron chi connectivity index (χ1n) is 36.8. The van der Waals surface area contributed by atoms with E-state index < -0.39 is 6.10 Å². The molecule has 0 aromatic heterocycles. The molecule has 1 atom stereocenters. The third-order valence-electron chi connectivity index (χ3n) is 16.9. The molecule has 478 valence electrons. The lowest BCUT2D eigenvalue weighted by Crippen LogP contribution is -2.30. The summed E-state index contributed by atoms with van der Waals surface area (Å²) in [4.78, 5) is 38.3. The average Bonchev–Trinajstić information content (AvgIpc) is 3.47. The van der Waals surface area contributed by atoms with E-state index in [1.807, 2.05) is 0 Å². The van der Waals surface area contributed by atoms with Gasteiger partial charge in [-0.15, -0.1) is 0 Å². The van der Waals surface area contributed by atoms with Gasteiger partial charge in [0.05, 0.1) is 0 Å². The van der Waals surface area contributed by atoms with Gasteiger partial charge in [0.25, 0.3) is 0 Å². The fourth-order valence-corrected chi connectivity index (χ4v) is 11.4. The molecule has 81 heavy (non-hydrogen) atoms. The van der Waals surface area contributed by atoms with Crippen LogP contribution in [0.1, 0.15) is 419 Å². The number of carbonyl (C=O) groups excluding carboxylic acids is 3. The summed E-state index contributed by atoms with van der Waals surface area (Å²) in [5.74, 6) is -0.854. The fraction of sp³-hybridized carbons (Fsp3) is 0.907. The Morgan fingerprint density at radius 2 is 0.432 bits per heavy atom. The van der Waals surface area contributed by atoms with Gasteiger partial charge in [-0.1, -0.05) is 360 Å². The van der Waals surface area contributed by atoms with Crippen molar-refractivity contribution < 1.29 is 28.6 Å². The number of ether oxygens (including phenoxy) is 3. The maximum atomic E-state index is 12.9. The summed E-state index contributed by atoms with van der Waals surface area (Å²) in [6.07, 6.45) is 86.8. The Labute approximate surface area is 506 Å². The van der Waals surface area contributed by atoms with Gasteiger partial charge in [0.1, 0.15) is 13.2 Å². The van der Waals surface area contributed by atoms with E-state index in [1.54, 1.807) is 0 Å². The molecule has 1 unspecified atom stereocenters. The van der Waals surface area contributed by atoms with Crippen molar-refractivity contribution >= 4 is 17.9 Å². The van der Waals surface area contributed by atoms with Crippen LogP contribution in [-0.4, -0.2) is 37.2 Å². The molecule has 0 saturated heterocycles. The molecule has 0 saturated carbocycles. The molecule has 0 spiro atoms. The van der Waals surface area contributed by atoms with Gasteiger partial charge in [0.15, 0.2) is 6.10 Å². The van der Waals surface area contributed by atoms with Gasteiger partial charge in [0.2, 0.25) is 0 Å². The number of carbonyl (C=O) groups is 3. The second-order valence-corrected chi connectivity index (χ2v) is 25.2. The molecule has 6 heteroatoms. The first-order valence-corrected chi connectivity index (χ1v) is 36.8. The minimum absolute atomic E-state index is 0.0697. The Morgan fingerprint density at radius 1 is 0.235 bits per heavy atom. The molecule has 0 radical (unpaired) electrons. The number of allylic oxidation sites excluding steroid dienone is 4. The molecule has 0 heterocycles. The highest BCUT2D eigenvalue weighted by atomic mass is 16.6. The predicted octanol–water partition coefficient (Wildman–Crippen LogP) is 25.3. The van der Waals surface area contributed by atoms with E-state index in [0.717, 1.165) is 70.6 Å². The van der Waals surface area contributed by atoms with E-state index in [0.29, 0.717) is 19.3 Å². The molecular formula is C75H142O6. The monoisotopic (exact) mass is 1140 g/mol. The van der Waals surface area contributed by atoms with E-state index in [-0.39, 0.29) is 31.1 Å². The van der Waals surface area contributed by atoms with Crippen molar-refractivity contribution in [1.29, 1.82) is 0 Å². The molecule has 0 bridgehead atoms. The van der Waals surface area contributed by atoms with E-state index in [2.05, 4.69) is 45.1 Å². The zero-order chi connectivity index (χ0) is 58.5.